The molecule has 25 heavy (non-hydrogen) atoms. The van der Waals surface area contributed by atoms with Crippen LogP contribution in [0.3, 0.4) is 0 Å². The zero-order valence-corrected chi connectivity index (χ0v) is 15.5. The lowest BCUT2D eigenvalue weighted by Gasteiger charge is -2.23. The van der Waals surface area contributed by atoms with Gasteiger partial charge in [-0.2, -0.15) is 5.26 Å². The fraction of sp³-hybridized carbons (Fsp3) is 0.263. The molecule has 0 saturated carbocycles. The van der Waals surface area contributed by atoms with Gasteiger partial charge in [0.05, 0.1) is 22.7 Å². The molecule has 0 aromatic heterocycles. The quantitative estimate of drug-likeness (QED) is 0.678. The molecule has 130 valence electrons. The van der Waals surface area contributed by atoms with E-state index in [9.17, 15) is 4.79 Å². The molecule has 5 nitrogen and oxygen atoms in total. The lowest BCUT2D eigenvalue weighted by molar-refractivity contribution is -0.134. The Morgan fingerprint density at radius 1 is 1.20 bits per heavy atom. The van der Waals surface area contributed by atoms with Gasteiger partial charge in [0.25, 0.3) is 5.91 Å². The zero-order valence-electron chi connectivity index (χ0n) is 13.9. The monoisotopic (exact) mass is 402 g/mol. The van der Waals surface area contributed by atoms with Gasteiger partial charge in [0.2, 0.25) is 0 Å². The Balaban J connectivity index is 2.00. The number of rotatable bonds is 8. The maximum atomic E-state index is 12.5. The molecule has 0 heterocycles. The van der Waals surface area contributed by atoms with Gasteiger partial charge in [-0.05, 0) is 45.8 Å². The Morgan fingerprint density at radius 3 is 2.56 bits per heavy atom. The van der Waals surface area contributed by atoms with E-state index >= 15 is 0 Å². The van der Waals surface area contributed by atoms with E-state index in [-0.39, 0.29) is 12.5 Å². The predicted molar refractivity (Wildman–Crippen MR) is 98.1 cm³/mol. The first-order valence-electron chi connectivity index (χ1n) is 7.77. The van der Waals surface area contributed by atoms with Gasteiger partial charge in [0, 0.05) is 20.2 Å². The standard InChI is InChI=1S/C19H19BrN2O3/c1-24-11-10-22(13-16-8-6-15(12-21)7-9-16)19(23)14-25-18-5-3-2-4-17(18)20/h2-9H,10-11,13-14H2,1H3. The van der Waals surface area contributed by atoms with Crippen molar-refractivity contribution in [2.45, 2.75) is 6.54 Å². The van der Waals surface area contributed by atoms with Crippen LogP contribution in [-0.4, -0.2) is 37.7 Å². The number of carbonyl (C=O) groups excluding carboxylic acids is 1. The van der Waals surface area contributed by atoms with Crippen molar-refractivity contribution in [1.29, 1.82) is 5.26 Å². The van der Waals surface area contributed by atoms with E-state index in [0.717, 1.165) is 10.0 Å². The maximum absolute atomic E-state index is 12.5. The van der Waals surface area contributed by atoms with Crippen LogP contribution < -0.4 is 4.74 Å². The molecule has 6 heteroatoms. The number of carbonyl (C=O) groups is 1. The van der Waals surface area contributed by atoms with Gasteiger partial charge in [-0.15, -0.1) is 0 Å². The number of hydrogen-bond acceptors (Lipinski definition) is 4. The second-order valence-electron chi connectivity index (χ2n) is 5.34. The molecule has 2 rings (SSSR count). The normalized spacial score (nSPS) is 10.1. The Hall–Kier alpha value is -2.36. The fourth-order valence-corrected chi connectivity index (χ4v) is 2.59. The van der Waals surface area contributed by atoms with E-state index < -0.39 is 0 Å². The average Bonchev–Trinajstić information content (AvgIpc) is 2.64. The van der Waals surface area contributed by atoms with Crippen LogP contribution in [0.1, 0.15) is 11.1 Å². The zero-order chi connectivity index (χ0) is 18.1. The molecule has 0 fully saturated rings. The molecule has 2 aromatic carbocycles. The second-order valence-corrected chi connectivity index (χ2v) is 6.19. The summed E-state index contributed by atoms with van der Waals surface area (Å²) in [6, 6.07) is 16.7. The van der Waals surface area contributed by atoms with Gasteiger partial charge in [-0.25, -0.2) is 0 Å². The highest BCUT2D eigenvalue weighted by Gasteiger charge is 2.15. The Morgan fingerprint density at radius 2 is 1.92 bits per heavy atom. The van der Waals surface area contributed by atoms with E-state index in [1.165, 1.54) is 0 Å². The minimum atomic E-state index is -0.128. The molecule has 0 aliphatic heterocycles. The molecule has 0 N–H and O–H groups in total. The first-order valence-corrected chi connectivity index (χ1v) is 8.56. The van der Waals surface area contributed by atoms with Crippen LogP contribution in [0.4, 0.5) is 0 Å². The summed E-state index contributed by atoms with van der Waals surface area (Å²) >= 11 is 3.40. The van der Waals surface area contributed by atoms with E-state index in [4.69, 9.17) is 14.7 Å². The third-order valence-electron chi connectivity index (χ3n) is 3.56. The van der Waals surface area contributed by atoms with Crippen LogP contribution in [-0.2, 0) is 16.1 Å². The van der Waals surface area contributed by atoms with Crippen molar-refractivity contribution in [3.05, 3.63) is 64.1 Å². The van der Waals surface area contributed by atoms with E-state index in [1.807, 2.05) is 30.3 Å². The van der Waals surface area contributed by atoms with Crippen LogP contribution in [0.2, 0.25) is 0 Å². The second kappa shape index (κ2) is 9.82. The van der Waals surface area contributed by atoms with Gasteiger partial charge in [-0.1, -0.05) is 24.3 Å². The number of nitrogens with zero attached hydrogens (tertiary/aromatic N) is 2. The Kier molecular flexibility index (Phi) is 7.45. The van der Waals surface area contributed by atoms with Crippen molar-refractivity contribution >= 4 is 21.8 Å². The summed E-state index contributed by atoms with van der Waals surface area (Å²) in [6.07, 6.45) is 0. The van der Waals surface area contributed by atoms with E-state index in [0.29, 0.717) is 31.0 Å². The van der Waals surface area contributed by atoms with Crippen LogP contribution in [0.5, 0.6) is 5.75 Å². The number of nitriles is 1. The molecule has 0 radical (unpaired) electrons. The summed E-state index contributed by atoms with van der Waals surface area (Å²) in [6.45, 7) is 1.29. The van der Waals surface area contributed by atoms with Crippen LogP contribution in [0.25, 0.3) is 0 Å². The van der Waals surface area contributed by atoms with Crippen LogP contribution >= 0.6 is 15.9 Å². The fourth-order valence-electron chi connectivity index (χ4n) is 2.19. The molecule has 0 bridgehead atoms. The molecule has 0 aliphatic rings. The topological polar surface area (TPSA) is 62.6 Å². The minimum absolute atomic E-state index is 0.0530. The number of amides is 1. The van der Waals surface area contributed by atoms with E-state index in [1.54, 1.807) is 30.2 Å². The summed E-state index contributed by atoms with van der Waals surface area (Å²) in [5.41, 5.74) is 1.54. The van der Waals surface area contributed by atoms with Gasteiger partial charge in [0.15, 0.2) is 6.61 Å². The molecule has 0 spiro atoms. The van der Waals surface area contributed by atoms with E-state index in [2.05, 4.69) is 22.0 Å². The summed E-state index contributed by atoms with van der Waals surface area (Å²) in [4.78, 5) is 14.2. The molecule has 0 aliphatic carbocycles. The van der Waals surface area contributed by atoms with Gasteiger partial charge < -0.3 is 14.4 Å². The van der Waals surface area contributed by atoms with Gasteiger partial charge in [0.1, 0.15) is 5.75 Å². The van der Waals surface area contributed by atoms with Crippen LogP contribution in [0.15, 0.2) is 53.0 Å². The highest BCUT2D eigenvalue weighted by molar-refractivity contribution is 9.10. The maximum Gasteiger partial charge on any atom is 0.260 e. The van der Waals surface area contributed by atoms with Crippen molar-refractivity contribution in [1.82, 2.24) is 4.90 Å². The first kappa shape index (κ1) is 19.0. The average molecular weight is 403 g/mol. The SMILES string of the molecule is COCCN(Cc1ccc(C#N)cc1)C(=O)COc1ccccc1Br. The lowest BCUT2D eigenvalue weighted by atomic mass is 10.1. The molecule has 2 aromatic rings. The smallest absolute Gasteiger partial charge is 0.260 e. The van der Waals surface area contributed by atoms with Crippen molar-refractivity contribution < 1.29 is 14.3 Å². The van der Waals surface area contributed by atoms with Crippen molar-refractivity contribution in [2.24, 2.45) is 0 Å². The predicted octanol–water partition coefficient (Wildman–Crippen LogP) is 3.37. The third-order valence-corrected chi connectivity index (χ3v) is 4.22. The summed E-state index contributed by atoms with van der Waals surface area (Å²) in [5, 5.41) is 8.86. The molecular weight excluding hydrogens is 384 g/mol. The summed E-state index contributed by atoms with van der Waals surface area (Å²) in [7, 11) is 1.60. The highest BCUT2D eigenvalue weighted by atomic mass is 79.9. The third kappa shape index (κ3) is 5.89. The van der Waals surface area contributed by atoms with Crippen molar-refractivity contribution in [3.63, 3.8) is 0 Å². The van der Waals surface area contributed by atoms with Crippen molar-refractivity contribution in [3.8, 4) is 11.8 Å². The number of ether oxygens (including phenoxy) is 2. The molecular formula is C19H19BrN2O3. The molecule has 0 saturated heterocycles. The Bertz CT molecular complexity index is 741. The minimum Gasteiger partial charge on any atom is -0.483 e. The summed E-state index contributed by atoms with van der Waals surface area (Å²) in [5.74, 6) is 0.498. The molecule has 0 unspecified atom stereocenters. The first-order chi connectivity index (χ1) is 12.1. The van der Waals surface area contributed by atoms with Gasteiger partial charge in [-0.3, -0.25) is 4.79 Å². The lowest BCUT2D eigenvalue weighted by Crippen LogP contribution is -2.36. The van der Waals surface area contributed by atoms with Gasteiger partial charge >= 0.3 is 0 Å². The van der Waals surface area contributed by atoms with Crippen LogP contribution in [0, 0.1) is 11.3 Å². The number of hydrogen-bond donors (Lipinski definition) is 0. The molecule has 0 atom stereocenters. The molecule has 1 amide bonds. The summed E-state index contributed by atoms with van der Waals surface area (Å²) < 4.78 is 11.5. The Labute approximate surface area is 155 Å². The van der Waals surface area contributed by atoms with Crippen molar-refractivity contribution in [2.75, 3.05) is 26.9 Å². The number of para-hydroxylation sites is 1. The number of benzene rings is 2. The number of halogens is 1. The number of methoxy groups -OCH3 is 1. The highest BCUT2D eigenvalue weighted by Crippen LogP contribution is 2.23. The largest absolute Gasteiger partial charge is 0.483 e.